The molecule has 0 bridgehead atoms. The van der Waals surface area contributed by atoms with E-state index in [2.05, 4.69) is 20.4 Å². The van der Waals surface area contributed by atoms with Gasteiger partial charge in [-0.15, -0.1) is 11.8 Å². The molecular formula is C18H34O3S. The molecular weight excluding hydrogens is 296 g/mol. The van der Waals surface area contributed by atoms with Crippen LogP contribution in [0, 0.1) is 11.8 Å². The van der Waals surface area contributed by atoms with Crippen LogP contribution in [-0.2, 0) is 9.47 Å². The molecule has 22 heavy (non-hydrogen) atoms. The summed E-state index contributed by atoms with van der Waals surface area (Å²) in [5.74, 6) is 2.59. The van der Waals surface area contributed by atoms with Crippen LogP contribution >= 0.6 is 11.8 Å². The highest BCUT2D eigenvalue weighted by Crippen LogP contribution is 2.37. The van der Waals surface area contributed by atoms with Crippen LogP contribution in [-0.4, -0.2) is 35.8 Å². The summed E-state index contributed by atoms with van der Waals surface area (Å²) in [6.45, 7) is 11.8. The van der Waals surface area contributed by atoms with Crippen molar-refractivity contribution in [1.29, 1.82) is 0 Å². The maximum absolute atomic E-state index is 9.52. The molecule has 1 saturated carbocycles. The number of hydrogen-bond acceptors (Lipinski definition) is 4. The molecule has 1 aliphatic rings. The largest absolute Gasteiger partial charge is 0.371 e. The highest BCUT2D eigenvalue weighted by Gasteiger charge is 2.25. The van der Waals surface area contributed by atoms with Gasteiger partial charge in [0, 0.05) is 24.9 Å². The molecule has 1 N–H and O–H groups in total. The smallest absolute Gasteiger partial charge is 0.158 e. The predicted octanol–water partition coefficient (Wildman–Crippen LogP) is 4.60. The van der Waals surface area contributed by atoms with E-state index in [0.29, 0.717) is 18.3 Å². The third-order valence-electron chi connectivity index (χ3n) is 4.26. The highest BCUT2D eigenvalue weighted by molar-refractivity contribution is 7.99. The molecule has 0 radical (unpaired) electrons. The summed E-state index contributed by atoms with van der Waals surface area (Å²) in [5, 5.41) is 10.2. The van der Waals surface area contributed by atoms with E-state index in [1.807, 2.05) is 18.7 Å². The first kappa shape index (κ1) is 20.0. The lowest BCUT2D eigenvalue weighted by molar-refractivity contribution is -0.0930. The Morgan fingerprint density at radius 1 is 1.36 bits per heavy atom. The van der Waals surface area contributed by atoms with Crippen molar-refractivity contribution in [1.82, 2.24) is 0 Å². The van der Waals surface area contributed by atoms with Gasteiger partial charge < -0.3 is 14.6 Å². The van der Waals surface area contributed by atoms with Crippen LogP contribution < -0.4 is 0 Å². The summed E-state index contributed by atoms with van der Waals surface area (Å²) in [5.41, 5.74) is 1.03. The van der Waals surface area contributed by atoms with Crippen LogP contribution in [0.3, 0.4) is 0 Å². The molecule has 0 amide bonds. The van der Waals surface area contributed by atoms with Gasteiger partial charge >= 0.3 is 0 Å². The van der Waals surface area contributed by atoms with Crippen LogP contribution in [0.1, 0.15) is 59.3 Å². The summed E-state index contributed by atoms with van der Waals surface area (Å²) in [4.78, 5) is 0. The Labute approximate surface area is 140 Å². The molecule has 2 unspecified atom stereocenters. The number of hydrogen-bond donors (Lipinski definition) is 1. The van der Waals surface area contributed by atoms with E-state index in [9.17, 15) is 5.11 Å². The summed E-state index contributed by atoms with van der Waals surface area (Å²) < 4.78 is 10.8. The lowest BCUT2D eigenvalue weighted by Crippen LogP contribution is -2.13. The zero-order valence-electron chi connectivity index (χ0n) is 14.6. The summed E-state index contributed by atoms with van der Waals surface area (Å²) in [7, 11) is 0. The predicted molar refractivity (Wildman–Crippen MR) is 95.0 cm³/mol. The monoisotopic (exact) mass is 330 g/mol. The van der Waals surface area contributed by atoms with E-state index >= 15 is 0 Å². The fourth-order valence-corrected chi connectivity index (χ4v) is 3.34. The average Bonchev–Trinajstić information content (AvgIpc) is 3.26. The molecule has 1 rings (SSSR count). The molecule has 0 spiro atoms. The number of aliphatic hydroxyl groups is 1. The lowest BCUT2D eigenvalue weighted by atomic mass is 10.0. The summed E-state index contributed by atoms with van der Waals surface area (Å²) in [6, 6.07) is 0. The summed E-state index contributed by atoms with van der Waals surface area (Å²) >= 11 is 1.93. The number of thioether (sulfide) groups is 1. The molecule has 0 aromatic heterocycles. The van der Waals surface area contributed by atoms with Gasteiger partial charge in [-0.1, -0.05) is 38.8 Å². The van der Waals surface area contributed by atoms with Gasteiger partial charge in [0.2, 0.25) is 0 Å². The topological polar surface area (TPSA) is 38.7 Å². The van der Waals surface area contributed by atoms with Gasteiger partial charge in [-0.3, -0.25) is 0 Å². The first-order chi connectivity index (χ1) is 10.5. The van der Waals surface area contributed by atoms with E-state index in [1.54, 1.807) is 0 Å². The SMILES string of the molecule is C=C(CCCOCS[C@@H](C)C(C)CC1CC1)CC(O)OCC. The zero-order valence-corrected chi connectivity index (χ0v) is 15.4. The maximum Gasteiger partial charge on any atom is 0.158 e. The Kier molecular flexibility index (Phi) is 10.5. The van der Waals surface area contributed by atoms with Gasteiger partial charge in [-0.05, 0) is 38.0 Å². The minimum Gasteiger partial charge on any atom is -0.371 e. The average molecular weight is 331 g/mol. The van der Waals surface area contributed by atoms with Crippen molar-refractivity contribution < 1.29 is 14.6 Å². The molecule has 3 atom stereocenters. The first-order valence-corrected chi connectivity index (χ1v) is 9.73. The zero-order chi connectivity index (χ0) is 16.4. The summed E-state index contributed by atoms with van der Waals surface area (Å²) in [6.07, 6.45) is 5.95. The van der Waals surface area contributed by atoms with Gasteiger partial charge in [0.1, 0.15) is 0 Å². The number of aliphatic hydroxyl groups excluding tert-OH is 1. The molecule has 0 aromatic rings. The molecule has 0 heterocycles. The first-order valence-electron chi connectivity index (χ1n) is 8.68. The Morgan fingerprint density at radius 2 is 2.09 bits per heavy atom. The molecule has 3 nitrogen and oxygen atoms in total. The Balaban J connectivity index is 1.92. The highest BCUT2D eigenvalue weighted by atomic mass is 32.2. The van der Waals surface area contributed by atoms with Crippen molar-refractivity contribution in [3.05, 3.63) is 12.2 Å². The second kappa shape index (κ2) is 11.5. The van der Waals surface area contributed by atoms with Crippen molar-refractivity contribution in [3.63, 3.8) is 0 Å². The van der Waals surface area contributed by atoms with Gasteiger partial charge in [0.25, 0.3) is 0 Å². The van der Waals surface area contributed by atoms with E-state index < -0.39 is 6.29 Å². The van der Waals surface area contributed by atoms with Gasteiger partial charge in [-0.25, -0.2) is 0 Å². The number of rotatable bonds is 14. The fourth-order valence-electron chi connectivity index (χ4n) is 2.47. The molecule has 4 heteroatoms. The Hall–Kier alpha value is -0.0300. The standard InChI is InChI=1S/C18H34O3S/c1-5-21-18(19)11-14(2)7-6-10-20-13-22-16(4)15(3)12-17-8-9-17/h15-19H,2,5-13H2,1,3-4H3/t15?,16-,18?/m0/s1. The van der Waals surface area contributed by atoms with Crippen LogP contribution in [0.5, 0.6) is 0 Å². The number of ether oxygens (including phenoxy) is 2. The maximum atomic E-state index is 9.52. The molecule has 1 fully saturated rings. The van der Waals surface area contributed by atoms with Crippen molar-refractivity contribution in [2.45, 2.75) is 70.8 Å². The van der Waals surface area contributed by atoms with Crippen LogP contribution in [0.25, 0.3) is 0 Å². The Morgan fingerprint density at radius 3 is 2.73 bits per heavy atom. The third kappa shape index (κ3) is 9.88. The van der Waals surface area contributed by atoms with Crippen molar-refractivity contribution >= 4 is 11.8 Å². The lowest BCUT2D eigenvalue weighted by Gasteiger charge is -2.19. The minimum absolute atomic E-state index is 0.526. The molecule has 0 aromatic carbocycles. The quantitative estimate of drug-likeness (QED) is 0.287. The van der Waals surface area contributed by atoms with E-state index in [0.717, 1.165) is 42.8 Å². The minimum atomic E-state index is -0.706. The molecule has 130 valence electrons. The second-order valence-electron chi connectivity index (χ2n) is 6.52. The van der Waals surface area contributed by atoms with Crippen molar-refractivity contribution in [3.8, 4) is 0 Å². The van der Waals surface area contributed by atoms with Crippen LogP contribution in [0.15, 0.2) is 12.2 Å². The van der Waals surface area contributed by atoms with Gasteiger partial charge in [0.05, 0.1) is 5.94 Å². The molecule has 1 aliphatic carbocycles. The third-order valence-corrected chi connectivity index (χ3v) is 5.55. The fraction of sp³-hybridized carbons (Fsp3) is 0.889. The second-order valence-corrected chi connectivity index (χ2v) is 7.83. The van der Waals surface area contributed by atoms with Gasteiger partial charge in [-0.2, -0.15) is 0 Å². The van der Waals surface area contributed by atoms with Gasteiger partial charge in [0.15, 0.2) is 6.29 Å². The van der Waals surface area contributed by atoms with Crippen LogP contribution in [0.4, 0.5) is 0 Å². The Bertz CT molecular complexity index is 305. The van der Waals surface area contributed by atoms with E-state index in [-0.39, 0.29) is 0 Å². The van der Waals surface area contributed by atoms with E-state index in [4.69, 9.17) is 9.47 Å². The van der Waals surface area contributed by atoms with E-state index in [1.165, 1.54) is 19.3 Å². The van der Waals surface area contributed by atoms with Crippen molar-refractivity contribution in [2.75, 3.05) is 19.2 Å². The van der Waals surface area contributed by atoms with Crippen LogP contribution in [0.2, 0.25) is 0 Å². The molecule has 0 saturated heterocycles. The van der Waals surface area contributed by atoms with Crippen molar-refractivity contribution in [2.24, 2.45) is 11.8 Å². The normalized spacial score (nSPS) is 18.9. The molecule has 0 aliphatic heterocycles.